The van der Waals surface area contributed by atoms with E-state index in [-0.39, 0.29) is 5.54 Å². The Kier molecular flexibility index (Phi) is 4.92. The van der Waals surface area contributed by atoms with Gasteiger partial charge in [-0.2, -0.15) is 5.26 Å². The van der Waals surface area contributed by atoms with Gasteiger partial charge in [-0.05, 0) is 92.5 Å². The number of fused-ring (bicyclic) bond motifs is 1. The molecule has 2 heteroatoms. The van der Waals surface area contributed by atoms with Crippen LogP contribution in [0, 0.1) is 25.2 Å². The number of rotatable bonds is 3. The second-order valence-corrected chi connectivity index (χ2v) is 7.96. The van der Waals surface area contributed by atoms with Crippen LogP contribution >= 0.6 is 0 Å². The Balaban J connectivity index is 2.18. The maximum atomic E-state index is 9.49. The summed E-state index contributed by atoms with van der Waals surface area (Å²) < 4.78 is 0. The molecule has 0 saturated heterocycles. The van der Waals surface area contributed by atoms with Crippen LogP contribution in [0.4, 0.5) is 5.69 Å². The fraction of sp³-hybridized carbons (Fsp3) is 0.375. The summed E-state index contributed by atoms with van der Waals surface area (Å²) in [5.74, 6) is 0. The van der Waals surface area contributed by atoms with Gasteiger partial charge in [0.05, 0.1) is 11.6 Å². The fourth-order valence-electron chi connectivity index (χ4n) is 3.92. The van der Waals surface area contributed by atoms with Crippen molar-refractivity contribution in [1.29, 1.82) is 5.26 Å². The predicted octanol–water partition coefficient (Wildman–Crippen LogP) is 6.15. The summed E-state index contributed by atoms with van der Waals surface area (Å²) in [6.45, 7) is 10.8. The third-order valence-corrected chi connectivity index (χ3v) is 5.33. The molecule has 1 aliphatic heterocycles. The van der Waals surface area contributed by atoms with Gasteiger partial charge in [-0.3, -0.25) is 0 Å². The molecule has 0 spiro atoms. The molecule has 0 fully saturated rings. The Labute approximate surface area is 157 Å². The zero-order valence-corrected chi connectivity index (χ0v) is 16.5. The van der Waals surface area contributed by atoms with Crippen molar-refractivity contribution in [3.05, 3.63) is 69.8 Å². The zero-order chi connectivity index (χ0) is 18.9. The SMILES string of the molecule is CC/C=C(\c1cc(C#N)c(C)cc1C)c1cccc2c1CCC(C)(C)N2. The van der Waals surface area contributed by atoms with Crippen molar-refractivity contribution in [2.75, 3.05) is 5.32 Å². The molecular formula is C24H28N2. The molecule has 2 aromatic carbocycles. The maximum absolute atomic E-state index is 9.49. The van der Waals surface area contributed by atoms with E-state index in [0.717, 1.165) is 30.4 Å². The molecule has 0 unspecified atom stereocenters. The Bertz CT molecular complexity index is 911. The lowest BCUT2D eigenvalue weighted by molar-refractivity contribution is 0.502. The molecule has 0 atom stereocenters. The molecule has 1 aliphatic rings. The summed E-state index contributed by atoms with van der Waals surface area (Å²) in [7, 11) is 0. The van der Waals surface area contributed by atoms with Gasteiger partial charge >= 0.3 is 0 Å². The zero-order valence-electron chi connectivity index (χ0n) is 16.5. The minimum atomic E-state index is 0.133. The molecule has 0 aliphatic carbocycles. The maximum Gasteiger partial charge on any atom is 0.0994 e. The molecule has 1 N–H and O–H groups in total. The summed E-state index contributed by atoms with van der Waals surface area (Å²) in [5, 5.41) is 13.2. The Morgan fingerprint density at radius 1 is 1.19 bits per heavy atom. The number of nitrogens with one attached hydrogen (secondary N) is 1. The molecule has 0 bridgehead atoms. The number of anilines is 1. The van der Waals surface area contributed by atoms with Crippen LogP contribution in [0.2, 0.25) is 0 Å². The van der Waals surface area contributed by atoms with Crippen LogP contribution in [0.5, 0.6) is 0 Å². The van der Waals surface area contributed by atoms with E-state index in [1.807, 2.05) is 6.92 Å². The molecular weight excluding hydrogens is 316 g/mol. The van der Waals surface area contributed by atoms with Crippen molar-refractivity contribution in [2.24, 2.45) is 0 Å². The van der Waals surface area contributed by atoms with E-state index < -0.39 is 0 Å². The van der Waals surface area contributed by atoms with Gasteiger partial charge < -0.3 is 5.32 Å². The first-order chi connectivity index (χ1) is 12.4. The Morgan fingerprint density at radius 3 is 2.65 bits per heavy atom. The van der Waals surface area contributed by atoms with Gasteiger partial charge in [-0.1, -0.05) is 31.2 Å². The standard InChI is InChI=1S/C24H28N2/c1-6-8-19(22-14-18(15-25)16(2)13-17(22)3)20-9-7-10-23-21(20)11-12-24(4,5)26-23/h7-10,13-14,26H,6,11-12H2,1-5H3/b19-8-. The molecule has 0 saturated carbocycles. The second kappa shape index (κ2) is 7.00. The highest BCUT2D eigenvalue weighted by molar-refractivity contribution is 5.86. The van der Waals surface area contributed by atoms with Gasteiger partial charge in [0, 0.05) is 11.2 Å². The summed E-state index contributed by atoms with van der Waals surface area (Å²) in [6, 6.07) is 13.1. The highest BCUT2D eigenvalue weighted by Gasteiger charge is 2.26. The fourth-order valence-corrected chi connectivity index (χ4v) is 3.92. The van der Waals surface area contributed by atoms with Crippen LogP contribution in [0.3, 0.4) is 0 Å². The van der Waals surface area contributed by atoms with Crippen LogP contribution in [0.1, 0.15) is 67.0 Å². The third kappa shape index (κ3) is 3.40. The van der Waals surface area contributed by atoms with Gasteiger partial charge in [-0.15, -0.1) is 0 Å². The van der Waals surface area contributed by atoms with Crippen molar-refractivity contribution >= 4 is 11.3 Å². The predicted molar refractivity (Wildman–Crippen MR) is 110 cm³/mol. The van der Waals surface area contributed by atoms with E-state index in [9.17, 15) is 5.26 Å². The second-order valence-electron chi connectivity index (χ2n) is 7.96. The van der Waals surface area contributed by atoms with E-state index >= 15 is 0 Å². The average Bonchev–Trinajstić information content (AvgIpc) is 2.59. The van der Waals surface area contributed by atoms with Crippen LogP contribution in [0.15, 0.2) is 36.4 Å². The van der Waals surface area contributed by atoms with Crippen LogP contribution < -0.4 is 5.32 Å². The highest BCUT2D eigenvalue weighted by Crippen LogP contribution is 2.38. The normalized spacial score (nSPS) is 15.8. The number of nitrogens with zero attached hydrogens (tertiary/aromatic N) is 1. The third-order valence-electron chi connectivity index (χ3n) is 5.33. The first-order valence-electron chi connectivity index (χ1n) is 9.48. The van der Waals surface area contributed by atoms with Crippen molar-refractivity contribution in [3.63, 3.8) is 0 Å². The monoisotopic (exact) mass is 344 g/mol. The minimum absolute atomic E-state index is 0.133. The highest BCUT2D eigenvalue weighted by atomic mass is 15.0. The van der Waals surface area contributed by atoms with Crippen molar-refractivity contribution in [3.8, 4) is 6.07 Å². The summed E-state index contributed by atoms with van der Waals surface area (Å²) in [4.78, 5) is 0. The molecule has 0 aromatic heterocycles. The van der Waals surface area contributed by atoms with Gasteiger partial charge in [-0.25, -0.2) is 0 Å². The van der Waals surface area contributed by atoms with Gasteiger partial charge in [0.2, 0.25) is 0 Å². The van der Waals surface area contributed by atoms with Crippen LogP contribution in [-0.4, -0.2) is 5.54 Å². The molecule has 2 aromatic rings. The van der Waals surface area contributed by atoms with Gasteiger partial charge in [0.25, 0.3) is 0 Å². The summed E-state index contributed by atoms with van der Waals surface area (Å²) >= 11 is 0. The average molecular weight is 345 g/mol. The van der Waals surface area contributed by atoms with Crippen molar-refractivity contribution in [2.45, 2.75) is 59.4 Å². The van der Waals surface area contributed by atoms with Gasteiger partial charge in [0.15, 0.2) is 0 Å². The van der Waals surface area contributed by atoms with E-state index in [4.69, 9.17) is 0 Å². The Hall–Kier alpha value is -2.53. The number of nitriles is 1. The molecule has 3 rings (SSSR count). The number of hydrogen-bond donors (Lipinski definition) is 1. The molecule has 1 heterocycles. The smallest absolute Gasteiger partial charge is 0.0994 e. The number of allylic oxidation sites excluding steroid dienone is 1. The van der Waals surface area contributed by atoms with E-state index in [0.29, 0.717) is 0 Å². The summed E-state index contributed by atoms with van der Waals surface area (Å²) in [6.07, 6.45) is 5.45. The number of aryl methyl sites for hydroxylation is 2. The Morgan fingerprint density at radius 2 is 1.96 bits per heavy atom. The molecule has 134 valence electrons. The first-order valence-corrected chi connectivity index (χ1v) is 9.48. The summed E-state index contributed by atoms with van der Waals surface area (Å²) in [5.41, 5.74) is 9.52. The lowest BCUT2D eigenvalue weighted by atomic mass is 9.82. The van der Waals surface area contributed by atoms with E-state index in [2.05, 4.69) is 75.5 Å². The molecule has 2 nitrogen and oxygen atoms in total. The van der Waals surface area contributed by atoms with E-state index in [1.165, 1.54) is 33.5 Å². The van der Waals surface area contributed by atoms with Gasteiger partial charge in [0.1, 0.15) is 0 Å². The molecule has 0 amide bonds. The van der Waals surface area contributed by atoms with Crippen molar-refractivity contribution in [1.82, 2.24) is 0 Å². The first kappa shape index (κ1) is 18.3. The number of hydrogen-bond acceptors (Lipinski definition) is 2. The van der Waals surface area contributed by atoms with E-state index in [1.54, 1.807) is 0 Å². The lowest BCUT2D eigenvalue weighted by Gasteiger charge is -2.35. The molecule has 0 radical (unpaired) electrons. The lowest BCUT2D eigenvalue weighted by Crippen LogP contribution is -2.35. The molecule has 26 heavy (non-hydrogen) atoms. The quantitative estimate of drug-likeness (QED) is 0.724. The van der Waals surface area contributed by atoms with Crippen molar-refractivity contribution < 1.29 is 0 Å². The van der Waals surface area contributed by atoms with Crippen LogP contribution in [0.25, 0.3) is 5.57 Å². The minimum Gasteiger partial charge on any atom is -0.380 e. The largest absolute Gasteiger partial charge is 0.380 e. The number of benzene rings is 2. The van der Waals surface area contributed by atoms with Crippen LogP contribution in [-0.2, 0) is 6.42 Å². The topological polar surface area (TPSA) is 35.8 Å².